The molecule has 0 aliphatic heterocycles. The van der Waals surface area contributed by atoms with Gasteiger partial charge in [0, 0.05) is 11.8 Å². The van der Waals surface area contributed by atoms with Crippen molar-refractivity contribution in [1.29, 1.82) is 0 Å². The van der Waals surface area contributed by atoms with Crippen molar-refractivity contribution in [3.05, 3.63) is 35.2 Å². The van der Waals surface area contributed by atoms with Gasteiger partial charge in [-0.25, -0.2) is 4.79 Å². The number of ether oxygens (including phenoxy) is 1. The Morgan fingerprint density at radius 3 is 3.22 bits per heavy atom. The van der Waals surface area contributed by atoms with E-state index in [0.717, 1.165) is 29.7 Å². The number of hydrogen-bond acceptors (Lipinski definition) is 5. The molecule has 0 N–H and O–H groups in total. The van der Waals surface area contributed by atoms with Gasteiger partial charge in [-0.15, -0.1) is 0 Å². The van der Waals surface area contributed by atoms with E-state index in [1.54, 1.807) is 13.1 Å². The Morgan fingerprint density at radius 1 is 1.50 bits per heavy atom. The minimum Gasteiger partial charge on any atom is -0.461 e. The van der Waals surface area contributed by atoms with Gasteiger partial charge in [-0.3, -0.25) is 4.98 Å². The molecule has 0 saturated heterocycles. The van der Waals surface area contributed by atoms with Crippen molar-refractivity contribution in [1.82, 2.24) is 10.1 Å². The SMILES string of the molecule is CCOC(=O)c1noc2c1CCc1cccnc1-2. The summed E-state index contributed by atoms with van der Waals surface area (Å²) in [5.41, 5.74) is 2.99. The predicted molar refractivity (Wildman–Crippen MR) is 63.1 cm³/mol. The Labute approximate surface area is 104 Å². The molecule has 92 valence electrons. The predicted octanol–water partition coefficient (Wildman–Crippen LogP) is 2.01. The molecule has 0 radical (unpaired) electrons. The van der Waals surface area contributed by atoms with Crippen LogP contribution in [0.4, 0.5) is 0 Å². The number of aromatic nitrogens is 2. The highest BCUT2D eigenvalue weighted by Gasteiger charge is 2.28. The molecule has 2 heterocycles. The van der Waals surface area contributed by atoms with E-state index in [9.17, 15) is 4.79 Å². The molecule has 0 atom stereocenters. The Bertz CT molecular complexity index is 604. The van der Waals surface area contributed by atoms with Crippen molar-refractivity contribution in [2.75, 3.05) is 6.61 Å². The van der Waals surface area contributed by atoms with E-state index in [0.29, 0.717) is 12.4 Å². The minimum atomic E-state index is -0.429. The first-order valence-electron chi connectivity index (χ1n) is 5.91. The first-order valence-corrected chi connectivity index (χ1v) is 5.91. The van der Waals surface area contributed by atoms with E-state index < -0.39 is 5.97 Å². The topological polar surface area (TPSA) is 65.2 Å². The quantitative estimate of drug-likeness (QED) is 0.756. The number of hydrogen-bond donors (Lipinski definition) is 0. The molecule has 0 amide bonds. The third-order valence-electron chi connectivity index (χ3n) is 3.01. The molecule has 1 aliphatic rings. The van der Waals surface area contributed by atoms with Crippen LogP contribution >= 0.6 is 0 Å². The normalized spacial score (nSPS) is 12.7. The van der Waals surface area contributed by atoms with E-state index in [2.05, 4.69) is 10.1 Å². The van der Waals surface area contributed by atoms with Gasteiger partial charge in [0.05, 0.1) is 6.61 Å². The molecule has 18 heavy (non-hydrogen) atoms. The van der Waals surface area contributed by atoms with Gasteiger partial charge in [0.2, 0.25) is 0 Å². The van der Waals surface area contributed by atoms with E-state index in [-0.39, 0.29) is 5.69 Å². The number of carbonyl (C=O) groups excluding carboxylic acids is 1. The molecule has 0 unspecified atom stereocenters. The van der Waals surface area contributed by atoms with Gasteiger partial charge in [-0.2, -0.15) is 0 Å². The standard InChI is InChI=1S/C13H12N2O3/c1-2-17-13(16)11-9-6-5-8-4-3-7-14-10(8)12(9)18-15-11/h3-4,7H,2,5-6H2,1H3. The van der Waals surface area contributed by atoms with Crippen LogP contribution < -0.4 is 0 Å². The van der Waals surface area contributed by atoms with Crippen LogP contribution in [0.25, 0.3) is 11.5 Å². The van der Waals surface area contributed by atoms with Crippen molar-refractivity contribution < 1.29 is 14.1 Å². The van der Waals surface area contributed by atoms with Gasteiger partial charge in [0.1, 0.15) is 5.69 Å². The highest BCUT2D eigenvalue weighted by atomic mass is 16.5. The van der Waals surface area contributed by atoms with Gasteiger partial charge in [0.15, 0.2) is 11.5 Å². The third kappa shape index (κ3) is 1.59. The smallest absolute Gasteiger partial charge is 0.360 e. The minimum absolute atomic E-state index is 0.281. The molecule has 0 aromatic carbocycles. The molecule has 5 heteroatoms. The zero-order chi connectivity index (χ0) is 12.5. The maximum Gasteiger partial charge on any atom is 0.360 e. The summed E-state index contributed by atoms with van der Waals surface area (Å²) in [4.78, 5) is 16.0. The highest BCUT2D eigenvalue weighted by molar-refractivity contribution is 5.91. The van der Waals surface area contributed by atoms with Crippen LogP contribution in [0, 0.1) is 0 Å². The second-order valence-electron chi connectivity index (χ2n) is 4.07. The summed E-state index contributed by atoms with van der Waals surface area (Å²) in [5, 5.41) is 3.83. The average Bonchev–Trinajstić information content (AvgIpc) is 2.83. The van der Waals surface area contributed by atoms with Crippen molar-refractivity contribution in [3.8, 4) is 11.5 Å². The molecule has 0 saturated carbocycles. The zero-order valence-electron chi connectivity index (χ0n) is 9.97. The van der Waals surface area contributed by atoms with Crippen LogP contribution in [0.5, 0.6) is 0 Å². The number of esters is 1. The molecule has 0 fully saturated rings. The van der Waals surface area contributed by atoms with Crippen LogP contribution in [-0.4, -0.2) is 22.7 Å². The summed E-state index contributed by atoms with van der Waals surface area (Å²) in [6, 6.07) is 3.91. The Balaban J connectivity index is 2.07. The zero-order valence-corrected chi connectivity index (χ0v) is 9.97. The molecule has 0 spiro atoms. The third-order valence-corrected chi connectivity index (χ3v) is 3.01. The molecule has 2 aromatic rings. The lowest BCUT2D eigenvalue weighted by atomic mass is 9.93. The fourth-order valence-electron chi connectivity index (χ4n) is 2.19. The maximum atomic E-state index is 11.7. The fourth-order valence-corrected chi connectivity index (χ4v) is 2.19. The summed E-state index contributed by atoms with van der Waals surface area (Å²) < 4.78 is 10.2. The van der Waals surface area contributed by atoms with Crippen LogP contribution in [-0.2, 0) is 17.6 Å². The summed E-state index contributed by atoms with van der Waals surface area (Å²) in [6.45, 7) is 2.09. The number of fused-ring (bicyclic) bond motifs is 3. The Morgan fingerprint density at radius 2 is 2.39 bits per heavy atom. The van der Waals surface area contributed by atoms with E-state index in [4.69, 9.17) is 9.26 Å². The van der Waals surface area contributed by atoms with Crippen LogP contribution in [0.1, 0.15) is 28.5 Å². The van der Waals surface area contributed by atoms with Crippen LogP contribution in [0.3, 0.4) is 0 Å². The molecular weight excluding hydrogens is 232 g/mol. The monoisotopic (exact) mass is 244 g/mol. The van der Waals surface area contributed by atoms with E-state index >= 15 is 0 Å². The number of pyridine rings is 1. The molecular formula is C13H12N2O3. The lowest BCUT2D eigenvalue weighted by Crippen LogP contribution is -2.11. The van der Waals surface area contributed by atoms with Gasteiger partial charge in [-0.05, 0) is 31.4 Å². The molecule has 0 bridgehead atoms. The summed E-state index contributed by atoms with van der Waals surface area (Å²) in [7, 11) is 0. The Hall–Kier alpha value is -2.17. The second kappa shape index (κ2) is 4.25. The average molecular weight is 244 g/mol. The van der Waals surface area contributed by atoms with Gasteiger partial charge < -0.3 is 9.26 Å². The molecule has 3 rings (SSSR count). The van der Waals surface area contributed by atoms with Gasteiger partial charge in [0.25, 0.3) is 0 Å². The molecule has 5 nitrogen and oxygen atoms in total. The Kier molecular flexibility index (Phi) is 2.59. The number of aryl methyl sites for hydroxylation is 1. The van der Waals surface area contributed by atoms with Crippen molar-refractivity contribution >= 4 is 5.97 Å². The van der Waals surface area contributed by atoms with Crippen LogP contribution in [0.15, 0.2) is 22.9 Å². The van der Waals surface area contributed by atoms with Crippen molar-refractivity contribution in [2.45, 2.75) is 19.8 Å². The number of rotatable bonds is 2. The molecule has 1 aliphatic carbocycles. The van der Waals surface area contributed by atoms with Crippen LogP contribution in [0.2, 0.25) is 0 Å². The maximum absolute atomic E-state index is 11.7. The number of nitrogens with zero attached hydrogens (tertiary/aromatic N) is 2. The lowest BCUT2D eigenvalue weighted by molar-refractivity contribution is 0.0513. The van der Waals surface area contributed by atoms with Crippen molar-refractivity contribution in [3.63, 3.8) is 0 Å². The van der Waals surface area contributed by atoms with Gasteiger partial charge >= 0.3 is 5.97 Å². The van der Waals surface area contributed by atoms with Crippen molar-refractivity contribution in [2.24, 2.45) is 0 Å². The molecule has 2 aromatic heterocycles. The van der Waals surface area contributed by atoms with E-state index in [1.807, 2.05) is 12.1 Å². The largest absolute Gasteiger partial charge is 0.461 e. The van der Waals surface area contributed by atoms with Gasteiger partial charge in [-0.1, -0.05) is 11.2 Å². The highest BCUT2D eigenvalue weighted by Crippen LogP contribution is 2.33. The first kappa shape index (κ1) is 11.0. The summed E-state index contributed by atoms with van der Waals surface area (Å²) in [5.74, 6) is 0.168. The van der Waals surface area contributed by atoms with E-state index in [1.165, 1.54) is 0 Å². The lowest BCUT2D eigenvalue weighted by Gasteiger charge is -2.12. The number of carbonyl (C=O) groups is 1. The summed E-state index contributed by atoms with van der Waals surface area (Å²) >= 11 is 0. The second-order valence-corrected chi connectivity index (χ2v) is 4.07. The summed E-state index contributed by atoms with van der Waals surface area (Å²) in [6.07, 6.45) is 3.27. The first-order chi connectivity index (χ1) is 8.81. The fraction of sp³-hybridized carbons (Fsp3) is 0.308.